The van der Waals surface area contributed by atoms with E-state index in [0.29, 0.717) is 6.54 Å². The van der Waals surface area contributed by atoms with E-state index in [9.17, 15) is 5.11 Å². The van der Waals surface area contributed by atoms with Crippen molar-refractivity contribution in [3.8, 4) is 0 Å². The quantitative estimate of drug-likeness (QED) is 0.491. The van der Waals surface area contributed by atoms with Crippen LogP contribution < -0.4 is 11.1 Å². The molecule has 0 radical (unpaired) electrons. The van der Waals surface area contributed by atoms with E-state index in [-0.39, 0.29) is 6.04 Å². The molecular weight excluding hydrogens is 212 g/mol. The smallest absolute Gasteiger partial charge is 0.0856 e. The van der Waals surface area contributed by atoms with E-state index >= 15 is 0 Å². The zero-order valence-electron chi connectivity index (χ0n) is 9.97. The van der Waals surface area contributed by atoms with Crippen LogP contribution in [0.2, 0.25) is 0 Å². The van der Waals surface area contributed by atoms with Crippen molar-refractivity contribution in [1.29, 1.82) is 0 Å². The summed E-state index contributed by atoms with van der Waals surface area (Å²) in [5, 5.41) is 13.0. The van der Waals surface area contributed by atoms with Gasteiger partial charge in [0, 0.05) is 6.54 Å². The number of nitrogens with one attached hydrogen (secondary N) is 1. The number of aliphatic hydroxyl groups excluding tert-OH is 1. The molecular formula is C14H20N2O. The van der Waals surface area contributed by atoms with Gasteiger partial charge >= 0.3 is 0 Å². The van der Waals surface area contributed by atoms with Crippen molar-refractivity contribution in [2.45, 2.75) is 18.6 Å². The molecule has 2 unspecified atom stereocenters. The van der Waals surface area contributed by atoms with E-state index in [1.165, 1.54) is 0 Å². The minimum atomic E-state index is -0.579. The van der Waals surface area contributed by atoms with Gasteiger partial charge in [0.25, 0.3) is 0 Å². The lowest BCUT2D eigenvalue weighted by Crippen LogP contribution is -2.36. The van der Waals surface area contributed by atoms with Crippen LogP contribution in [0.3, 0.4) is 0 Å². The third-order valence-corrected chi connectivity index (χ3v) is 2.56. The maximum absolute atomic E-state index is 9.90. The number of aliphatic hydroxyl groups is 1. The van der Waals surface area contributed by atoms with E-state index in [0.717, 1.165) is 18.5 Å². The zero-order chi connectivity index (χ0) is 12.5. The molecule has 4 N–H and O–H groups in total. The van der Waals surface area contributed by atoms with Gasteiger partial charge in [-0.25, -0.2) is 0 Å². The van der Waals surface area contributed by atoms with Crippen molar-refractivity contribution in [3.05, 3.63) is 54.3 Å². The summed E-state index contributed by atoms with van der Waals surface area (Å²) in [6, 6.07) is 9.28. The van der Waals surface area contributed by atoms with Gasteiger partial charge in [0.1, 0.15) is 0 Å². The average Bonchev–Trinajstić information content (AvgIpc) is 2.38. The molecule has 0 aliphatic rings. The van der Waals surface area contributed by atoms with Crippen molar-refractivity contribution >= 4 is 0 Å². The van der Waals surface area contributed by atoms with Crippen LogP contribution in [-0.2, 0) is 0 Å². The molecule has 3 nitrogen and oxygen atoms in total. The van der Waals surface area contributed by atoms with Crippen molar-refractivity contribution in [2.75, 3.05) is 13.1 Å². The maximum Gasteiger partial charge on any atom is 0.0856 e. The molecule has 0 saturated heterocycles. The Morgan fingerprint density at radius 3 is 2.76 bits per heavy atom. The highest BCUT2D eigenvalue weighted by Crippen LogP contribution is 2.12. The first-order valence-corrected chi connectivity index (χ1v) is 5.79. The van der Waals surface area contributed by atoms with Gasteiger partial charge in [-0.15, -0.1) is 5.73 Å². The summed E-state index contributed by atoms with van der Waals surface area (Å²) in [7, 11) is 0. The standard InChI is InChI=1S/C14H20N2O/c1-2-3-7-10-16-11-13(17)14(15)12-8-5-4-6-9-12/h3-6,8-9,13-14,16-17H,1,7,10-11,15H2. The Morgan fingerprint density at radius 1 is 1.41 bits per heavy atom. The largest absolute Gasteiger partial charge is 0.390 e. The molecule has 3 heteroatoms. The van der Waals surface area contributed by atoms with E-state index in [4.69, 9.17) is 5.73 Å². The molecule has 92 valence electrons. The van der Waals surface area contributed by atoms with Gasteiger partial charge in [-0.05, 0) is 24.6 Å². The van der Waals surface area contributed by atoms with E-state index in [1.807, 2.05) is 36.4 Å². The number of rotatable bonds is 7. The number of hydrogen-bond acceptors (Lipinski definition) is 3. The molecule has 0 heterocycles. The molecule has 0 bridgehead atoms. The van der Waals surface area contributed by atoms with Crippen LogP contribution in [0.5, 0.6) is 0 Å². The summed E-state index contributed by atoms with van der Waals surface area (Å²) >= 11 is 0. The monoisotopic (exact) mass is 232 g/mol. The van der Waals surface area contributed by atoms with E-state index < -0.39 is 6.10 Å². The summed E-state index contributed by atoms with van der Waals surface area (Å²) < 4.78 is 0. The van der Waals surface area contributed by atoms with E-state index in [2.05, 4.69) is 17.6 Å². The van der Waals surface area contributed by atoms with Gasteiger partial charge in [-0.1, -0.05) is 36.9 Å². The Kier molecular flexibility index (Phi) is 6.30. The highest BCUT2D eigenvalue weighted by molar-refractivity contribution is 5.19. The minimum Gasteiger partial charge on any atom is -0.390 e. The van der Waals surface area contributed by atoms with Crippen molar-refractivity contribution in [1.82, 2.24) is 5.32 Å². The Bertz CT molecular complexity index is 358. The van der Waals surface area contributed by atoms with Crippen LogP contribution in [0.1, 0.15) is 18.0 Å². The molecule has 0 aliphatic heterocycles. The van der Waals surface area contributed by atoms with Gasteiger partial charge in [0.2, 0.25) is 0 Å². The first-order chi connectivity index (χ1) is 8.25. The normalized spacial score (nSPS) is 13.8. The van der Waals surface area contributed by atoms with Gasteiger partial charge < -0.3 is 16.2 Å². The van der Waals surface area contributed by atoms with Crippen LogP contribution in [0.25, 0.3) is 0 Å². The molecule has 1 aromatic carbocycles. The summed E-state index contributed by atoms with van der Waals surface area (Å²) in [6.45, 7) is 4.76. The van der Waals surface area contributed by atoms with Gasteiger partial charge in [0.15, 0.2) is 0 Å². The maximum atomic E-state index is 9.90. The summed E-state index contributed by atoms with van der Waals surface area (Å²) in [5.41, 5.74) is 9.61. The fourth-order valence-electron chi connectivity index (χ4n) is 1.55. The number of benzene rings is 1. The zero-order valence-corrected chi connectivity index (χ0v) is 9.97. The fraction of sp³-hybridized carbons (Fsp3) is 0.357. The lowest BCUT2D eigenvalue weighted by atomic mass is 10.0. The lowest BCUT2D eigenvalue weighted by Gasteiger charge is -2.19. The summed E-state index contributed by atoms with van der Waals surface area (Å²) in [4.78, 5) is 0. The van der Waals surface area contributed by atoms with Crippen molar-refractivity contribution < 1.29 is 5.11 Å². The van der Waals surface area contributed by atoms with Gasteiger partial charge in [-0.3, -0.25) is 0 Å². The average molecular weight is 232 g/mol. The predicted octanol–water partition coefficient (Wildman–Crippen LogP) is 1.37. The predicted molar refractivity (Wildman–Crippen MR) is 70.6 cm³/mol. The third-order valence-electron chi connectivity index (χ3n) is 2.56. The summed E-state index contributed by atoms with van der Waals surface area (Å²) in [6.07, 6.45) is 2.14. The second-order valence-corrected chi connectivity index (χ2v) is 3.90. The molecule has 0 spiro atoms. The lowest BCUT2D eigenvalue weighted by molar-refractivity contribution is 0.143. The van der Waals surface area contributed by atoms with E-state index in [1.54, 1.807) is 0 Å². The second-order valence-electron chi connectivity index (χ2n) is 3.90. The molecule has 0 fully saturated rings. The highest BCUT2D eigenvalue weighted by atomic mass is 16.3. The minimum absolute atomic E-state index is 0.348. The van der Waals surface area contributed by atoms with Gasteiger partial charge in [-0.2, -0.15) is 0 Å². The van der Waals surface area contributed by atoms with Crippen LogP contribution in [-0.4, -0.2) is 24.3 Å². The van der Waals surface area contributed by atoms with Crippen LogP contribution >= 0.6 is 0 Å². The molecule has 1 rings (SSSR count). The highest BCUT2D eigenvalue weighted by Gasteiger charge is 2.15. The SMILES string of the molecule is C=C=CCCNCC(O)C(N)c1ccccc1. The molecule has 0 aliphatic carbocycles. The van der Waals surface area contributed by atoms with Crippen molar-refractivity contribution in [2.24, 2.45) is 5.73 Å². The van der Waals surface area contributed by atoms with Gasteiger partial charge in [0.05, 0.1) is 12.1 Å². The van der Waals surface area contributed by atoms with Crippen LogP contribution in [0, 0.1) is 0 Å². The molecule has 1 aromatic rings. The molecule has 0 saturated carbocycles. The Labute approximate surface area is 103 Å². The Hall–Kier alpha value is -1.38. The molecule has 0 amide bonds. The number of nitrogens with two attached hydrogens (primary N) is 1. The molecule has 2 atom stereocenters. The fourth-order valence-corrected chi connectivity index (χ4v) is 1.55. The van der Waals surface area contributed by atoms with Crippen LogP contribution in [0.15, 0.2) is 48.7 Å². The Morgan fingerprint density at radius 2 is 2.12 bits per heavy atom. The third kappa shape index (κ3) is 4.98. The van der Waals surface area contributed by atoms with Crippen molar-refractivity contribution in [3.63, 3.8) is 0 Å². The second kappa shape index (κ2) is 7.82. The topological polar surface area (TPSA) is 58.3 Å². The Balaban J connectivity index is 2.32. The first kappa shape index (κ1) is 13.7. The number of hydrogen-bond donors (Lipinski definition) is 3. The summed E-state index contributed by atoms with van der Waals surface area (Å²) in [5.74, 6) is 0. The first-order valence-electron chi connectivity index (χ1n) is 5.79. The van der Waals surface area contributed by atoms with Crippen LogP contribution in [0.4, 0.5) is 0 Å². The molecule has 17 heavy (non-hydrogen) atoms. The molecule has 0 aromatic heterocycles.